The second kappa shape index (κ2) is 31.4. The topological polar surface area (TPSA) is 113 Å². The van der Waals surface area contributed by atoms with Crippen molar-refractivity contribution >= 4 is 24.3 Å². The summed E-state index contributed by atoms with van der Waals surface area (Å²) >= 11 is 0. The number of nitrogens with one attached hydrogen (secondary N) is 1. The highest BCUT2D eigenvalue weighted by Gasteiger charge is 2.54. The lowest BCUT2D eigenvalue weighted by Crippen LogP contribution is -2.40. The van der Waals surface area contributed by atoms with Crippen LogP contribution in [0.15, 0.2) is 36.6 Å². The van der Waals surface area contributed by atoms with Gasteiger partial charge >= 0.3 is 17.9 Å². The lowest BCUT2D eigenvalue weighted by Gasteiger charge is -2.22. The third-order valence-corrected chi connectivity index (χ3v) is 10.6. The predicted octanol–water partition coefficient (Wildman–Crippen LogP) is 12.0. The molecule has 10 heteroatoms. The molecular formula is C45H76ClN3O6. The number of hydrogen-bond donors (Lipinski definition) is 1. The molecule has 0 saturated carbocycles. The lowest BCUT2D eigenvalue weighted by molar-refractivity contribution is -0.160. The molecule has 0 amide bonds. The molecule has 0 unspecified atom stereocenters. The molecule has 2 aliphatic heterocycles. The Balaban J connectivity index is 0.0000105. The van der Waals surface area contributed by atoms with Crippen molar-refractivity contribution in [3.05, 3.63) is 42.1 Å². The average molecular weight is 791 g/mol. The summed E-state index contributed by atoms with van der Waals surface area (Å²) in [5.41, 5.74) is 0.0834. The highest BCUT2D eigenvalue weighted by atomic mass is 35.5. The predicted molar refractivity (Wildman–Crippen MR) is 223 cm³/mol. The molecule has 3 heterocycles. The molecule has 3 rings (SSSR count). The number of esters is 2. The largest absolute Gasteiger partial charge is 0.463 e. The van der Waals surface area contributed by atoms with E-state index in [1.54, 1.807) is 16.8 Å². The molecule has 1 saturated heterocycles. The van der Waals surface area contributed by atoms with Gasteiger partial charge in [-0.15, -0.1) is 12.4 Å². The summed E-state index contributed by atoms with van der Waals surface area (Å²) in [5.74, 6) is -0.564. The van der Waals surface area contributed by atoms with Crippen molar-refractivity contribution < 1.29 is 28.5 Å². The van der Waals surface area contributed by atoms with Crippen LogP contribution in [0.2, 0.25) is 0 Å². The van der Waals surface area contributed by atoms with Crippen molar-refractivity contribution in [2.75, 3.05) is 6.61 Å². The van der Waals surface area contributed by atoms with E-state index in [-0.39, 0.29) is 42.5 Å². The summed E-state index contributed by atoms with van der Waals surface area (Å²) in [6.07, 6.45) is 40.4. The van der Waals surface area contributed by atoms with Gasteiger partial charge in [0.1, 0.15) is 12.7 Å². The van der Waals surface area contributed by atoms with E-state index in [0.29, 0.717) is 12.8 Å². The number of halogens is 1. The zero-order chi connectivity index (χ0) is 38.5. The number of carbonyl (C=O) groups is 2. The quantitative estimate of drug-likeness (QED) is 0.0428. The van der Waals surface area contributed by atoms with Gasteiger partial charge in [0.05, 0.1) is 0 Å². The van der Waals surface area contributed by atoms with Gasteiger partial charge < -0.3 is 18.9 Å². The number of ether oxygens (including phenoxy) is 4. The summed E-state index contributed by atoms with van der Waals surface area (Å²) < 4.78 is 25.6. The Kier molecular flexibility index (Phi) is 27.7. The van der Waals surface area contributed by atoms with Crippen molar-refractivity contribution in [1.82, 2.24) is 9.55 Å². The van der Waals surface area contributed by atoms with Gasteiger partial charge in [-0.05, 0) is 70.3 Å². The van der Waals surface area contributed by atoms with Crippen molar-refractivity contribution in [3.63, 3.8) is 0 Å². The maximum Gasteiger partial charge on any atom is 0.306 e. The van der Waals surface area contributed by atoms with Gasteiger partial charge in [0.2, 0.25) is 0 Å². The molecule has 1 aromatic heterocycles. The third kappa shape index (κ3) is 20.9. The van der Waals surface area contributed by atoms with Gasteiger partial charge in [0.15, 0.2) is 23.9 Å². The Morgan fingerprint density at radius 3 is 1.65 bits per heavy atom. The number of unbranched alkanes of at least 4 members (excludes halogenated alkanes) is 22. The molecule has 2 aliphatic rings. The molecule has 1 N–H and O–H groups in total. The zero-order valence-electron chi connectivity index (χ0n) is 34.5. The minimum absolute atomic E-state index is 0. The highest BCUT2D eigenvalue weighted by molar-refractivity contribution is 5.85. The normalized spacial score (nSPS) is 18.7. The van der Waals surface area contributed by atoms with E-state index in [1.807, 2.05) is 0 Å². The smallest absolute Gasteiger partial charge is 0.306 e. The number of allylic oxidation sites excluding steroid dienone is 4. The van der Waals surface area contributed by atoms with Gasteiger partial charge in [0, 0.05) is 19.0 Å². The molecule has 0 bridgehead atoms. The van der Waals surface area contributed by atoms with Crippen LogP contribution in [-0.4, -0.2) is 46.4 Å². The number of rotatable bonds is 33. The Labute approximate surface area is 339 Å². The first-order valence-corrected chi connectivity index (χ1v) is 22.1. The van der Waals surface area contributed by atoms with Crippen LogP contribution in [-0.2, 0) is 23.8 Å². The maximum atomic E-state index is 13.0. The summed E-state index contributed by atoms with van der Waals surface area (Å²) in [7, 11) is 0. The minimum Gasteiger partial charge on any atom is -0.463 e. The number of fused-ring (bicyclic) bond motifs is 3. The molecule has 0 spiro atoms. The Hall–Kier alpha value is -2.65. The Morgan fingerprint density at radius 1 is 0.691 bits per heavy atom. The van der Waals surface area contributed by atoms with Gasteiger partial charge in [-0.1, -0.05) is 141 Å². The van der Waals surface area contributed by atoms with E-state index in [2.05, 4.69) is 43.1 Å². The first-order valence-electron chi connectivity index (χ1n) is 22.1. The van der Waals surface area contributed by atoms with Crippen molar-refractivity contribution in [2.24, 2.45) is 0 Å². The fourth-order valence-corrected chi connectivity index (χ4v) is 7.29. The van der Waals surface area contributed by atoms with E-state index in [0.717, 1.165) is 57.8 Å². The second-order valence-corrected chi connectivity index (χ2v) is 15.5. The molecule has 55 heavy (non-hydrogen) atoms. The summed E-state index contributed by atoms with van der Waals surface area (Å²) in [6, 6.07) is 1.82. The number of aromatic nitrogens is 2. The summed E-state index contributed by atoms with van der Waals surface area (Å²) in [6.45, 7) is 4.51. The minimum atomic E-state index is -0.742. The first kappa shape index (κ1) is 48.5. The van der Waals surface area contributed by atoms with Crippen LogP contribution in [0.3, 0.4) is 0 Å². The van der Waals surface area contributed by atoms with E-state index in [4.69, 9.17) is 24.4 Å². The Morgan fingerprint density at radius 2 is 1.15 bits per heavy atom. The second-order valence-electron chi connectivity index (χ2n) is 15.5. The van der Waals surface area contributed by atoms with Crippen LogP contribution in [0.25, 0.3) is 0 Å². The van der Waals surface area contributed by atoms with Crippen LogP contribution in [0.4, 0.5) is 0 Å². The van der Waals surface area contributed by atoms with Crippen LogP contribution < -0.4 is 10.2 Å². The van der Waals surface area contributed by atoms with E-state index in [1.165, 1.54) is 109 Å². The average Bonchev–Trinajstić information content (AvgIpc) is 3.68. The monoisotopic (exact) mass is 790 g/mol. The molecule has 1 aromatic rings. The van der Waals surface area contributed by atoms with Crippen molar-refractivity contribution in [3.8, 4) is 6.01 Å². The molecule has 0 aromatic carbocycles. The fraction of sp³-hybridized carbons (Fsp3) is 0.778. The van der Waals surface area contributed by atoms with Crippen LogP contribution >= 0.6 is 12.4 Å². The maximum absolute atomic E-state index is 13.0. The van der Waals surface area contributed by atoms with Gasteiger partial charge in [-0.3, -0.25) is 19.6 Å². The molecule has 4 atom stereocenters. The fourth-order valence-electron chi connectivity index (χ4n) is 7.29. The zero-order valence-corrected chi connectivity index (χ0v) is 35.3. The summed E-state index contributed by atoms with van der Waals surface area (Å²) in [4.78, 5) is 29.8. The lowest BCUT2D eigenvalue weighted by atomic mass is 10.1. The van der Waals surface area contributed by atoms with E-state index < -0.39 is 24.5 Å². The van der Waals surface area contributed by atoms with E-state index in [9.17, 15) is 9.59 Å². The van der Waals surface area contributed by atoms with E-state index >= 15 is 0 Å². The standard InChI is InChI=1S/C45H75N3O6.ClH/c1-3-5-7-9-11-13-15-17-19-21-23-25-27-29-31-33-40(49)51-37-38-42(43-44(52-38)48-36-35-39(46)47-45(48)54-43)53-41(50)34-32-30-28-26-24-22-20-18-16-14-12-10-8-6-4-2;/h17-20,35-36,38,42-44,46H,3-16,21-34,37H2,1-2H3;1H/b19-17-,20-18-,46-39?;/t38-,42-,43+,44-;/m1./s1. The molecule has 0 aliphatic carbocycles. The van der Waals surface area contributed by atoms with Crippen molar-refractivity contribution in [1.29, 1.82) is 5.41 Å². The molecular weight excluding hydrogens is 714 g/mol. The van der Waals surface area contributed by atoms with Gasteiger partial charge in [-0.2, -0.15) is 4.98 Å². The van der Waals surface area contributed by atoms with Gasteiger partial charge in [-0.25, -0.2) is 0 Å². The SMILES string of the molecule is CCCCCCCC/C=C\CCCCCCCC(=O)OC[C@H]1O[C@@H]2[C@@H](Oc3nc(=N)ccn32)[C@@H]1OC(=O)CCCCCCC/C=C\CCCCCCCC.Cl. The van der Waals surface area contributed by atoms with Crippen LogP contribution in [0.1, 0.15) is 200 Å². The highest BCUT2D eigenvalue weighted by Crippen LogP contribution is 2.40. The molecule has 314 valence electrons. The number of nitrogens with zero attached hydrogens (tertiary/aromatic N) is 2. The molecule has 9 nitrogen and oxygen atoms in total. The third-order valence-electron chi connectivity index (χ3n) is 10.6. The molecule has 0 radical (unpaired) electrons. The number of carbonyl (C=O) groups excluding carboxylic acids is 2. The summed E-state index contributed by atoms with van der Waals surface area (Å²) in [5, 5.41) is 7.86. The van der Waals surface area contributed by atoms with Crippen molar-refractivity contribution in [2.45, 2.75) is 218 Å². The van der Waals surface area contributed by atoms with Crippen LogP contribution in [0, 0.1) is 5.41 Å². The van der Waals surface area contributed by atoms with Gasteiger partial charge in [0.25, 0.3) is 0 Å². The Bertz CT molecular complexity index is 1270. The van der Waals surface area contributed by atoms with Crippen LogP contribution in [0.5, 0.6) is 6.01 Å². The number of hydrogen-bond acceptors (Lipinski definition) is 8. The molecule has 1 fully saturated rings. The first-order chi connectivity index (χ1) is 26.5.